The van der Waals surface area contributed by atoms with Crippen LogP contribution in [0.1, 0.15) is 5.56 Å². The predicted octanol–water partition coefficient (Wildman–Crippen LogP) is -0.490. The van der Waals surface area contributed by atoms with Gasteiger partial charge in [0, 0.05) is 5.56 Å². The van der Waals surface area contributed by atoms with Crippen molar-refractivity contribution in [2.75, 3.05) is 13.4 Å². The summed E-state index contributed by atoms with van der Waals surface area (Å²) in [7, 11) is -3.59. The van der Waals surface area contributed by atoms with Gasteiger partial charge in [0.25, 0.3) is 0 Å². The number of aliphatic hydroxyl groups excluding tert-OH is 1. The summed E-state index contributed by atoms with van der Waals surface area (Å²) in [5.41, 5.74) is -0.00379. The Labute approximate surface area is 108 Å². The van der Waals surface area contributed by atoms with Crippen LogP contribution in [0.25, 0.3) is 0 Å². The van der Waals surface area contributed by atoms with Crippen molar-refractivity contribution in [3.8, 4) is 11.6 Å². The Kier molecular flexibility index (Phi) is 4.62. The Morgan fingerprint density at radius 1 is 1.56 bits per heavy atom. The number of hydrogen-bond acceptors (Lipinski definition) is 8. The van der Waals surface area contributed by atoms with Crippen LogP contribution < -0.4 is 8.91 Å². The maximum absolute atomic E-state index is 11.5. The van der Waals surface area contributed by atoms with E-state index >= 15 is 0 Å². The van der Waals surface area contributed by atoms with Gasteiger partial charge in [-0.25, -0.2) is 4.18 Å². The van der Waals surface area contributed by atoms with E-state index in [1.807, 2.05) is 0 Å². The van der Waals surface area contributed by atoms with E-state index in [0.29, 0.717) is 4.90 Å². The first kappa shape index (κ1) is 14.8. The van der Waals surface area contributed by atoms with E-state index in [1.165, 1.54) is 0 Å². The topological polar surface area (TPSA) is 120 Å². The Hall–Kier alpha value is -1.23. The van der Waals surface area contributed by atoms with Crippen LogP contribution in [-0.2, 0) is 21.2 Å². The summed E-state index contributed by atoms with van der Waals surface area (Å²) in [5, 5.41) is 30.3. The number of rotatable bonds is 5. The van der Waals surface area contributed by atoms with Crippen molar-refractivity contribution in [1.82, 2.24) is 0 Å². The molecule has 0 unspecified atom stereocenters. The lowest BCUT2D eigenvalue weighted by Gasteiger charge is -2.11. The number of hydrogen-bond donors (Lipinski definition) is 2. The molecule has 0 spiro atoms. The smallest absolute Gasteiger partial charge is 0.453 e. The third-order valence-electron chi connectivity index (χ3n) is 1.98. The molecule has 10 heteroatoms. The van der Waals surface area contributed by atoms with Gasteiger partial charge in [-0.2, -0.15) is 8.42 Å². The van der Waals surface area contributed by atoms with Crippen molar-refractivity contribution < 1.29 is 31.7 Å². The van der Waals surface area contributed by atoms with Crippen LogP contribution in [0.3, 0.4) is 0 Å². The molecular formula is C8H11NO7S2. The average Bonchev–Trinajstić information content (AvgIpc) is 2.34. The van der Waals surface area contributed by atoms with E-state index in [9.17, 15) is 18.7 Å². The van der Waals surface area contributed by atoms with Gasteiger partial charge in [0.1, 0.15) is 0 Å². The zero-order chi connectivity index (χ0) is 13.9. The number of nitrogens with zero attached hydrogens (tertiary/aromatic N) is 1. The van der Waals surface area contributed by atoms with Crippen LogP contribution in [-0.4, -0.2) is 32.0 Å². The molecule has 0 atom stereocenters. The van der Waals surface area contributed by atoms with Crippen LogP contribution >= 0.6 is 11.8 Å². The van der Waals surface area contributed by atoms with Crippen LogP contribution in [0.5, 0.6) is 11.6 Å². The second kappa shape index (κ2) is 5.61. The van der Waals surface area contributed by atoms with Crippen molar-refractivity contribution >= 4 is 22.2 Å². The molecule has 0 saturated carbocycles. The summed E-state index contributed by atoms with van der Waals surface area (Å²) in [4.78, 5) is 0.298. The van der Waals surface area contributed by atoms with Gasteiger partial charge in [-0.3, -0.25) is 4.18 Å². The summed E-state index contributed by atoms with van der Waals surface area (Å²) in [6.45, 7) is -0.577. The summed E-state index contributed by atoms with van der Waals surface area (Å²) < 4.78 is 30.4. The summed E-state index contributed by atoms with van der Waals surface area (Å²) in [6, 6.07) is 0. The average molecular weight is 297 g/mol. The van der Waals surface area contributed by atoms with Crippen LogP contribution in [0.2, 0.25) is 0 Å². The highest BCUT2D eigenvalue weighted by molar-refractivity contribution is 7.98. The molecule has 0 aliphatic heterocycles. The first-order valence-corrected chi connectivity index (χ1v) is 7.05. The molecule has 0 bridgehead atoms. The van der Waals surface area contributed by atoms with E-state index in [-0.39, 0.29) is 10.3 Å². The zero-order valence-electron chi connectivity index (χ0n) is 9.48. The van der Waals surface area contributed by atoms with Gasteiger partial charge in [0.2, 0.25) is 5.75 Å². The largest absolute Gasteiger partial charge is 0.616 e. The molecule has 0 fully saturated rings. The second-order valence-electron chi connectivity index (χ2n) is 2.97. The fourth-order valence-electron chi connectivity index (χ4n) is 1.13. The van der Waals surface area contributed by atoms with E-state index < -0.39 is 28.6 Å². The van der Waals surface area contributed by atoms with Crippen molar-refractivity contribution in [3.05, 3.63) is 17.0 Å². The van der Waals surface area contributed by atoms with Crippen molar-refractivity contribution in [1.29, 1.82) is 0 Å². The molecule has 1 heterocycles. The number of aromatic hydroxyl groups is 1. The highest BCUT2D eigenvalue weighted by Crippen LogP contribution is 2.33. The number of pyridine rings is 1. The van der Waals surface area contributed by atoms with E-state index in [1.54, 1.807) is 6.26 Å². The molecule has 0 aromatic carbocycles. The quantitative estimate of drug-likeness (QED) is 0.424. The van der Waals surface area contributed by atoms with Crippen molar-refractivity contribution in [2.45, 2.75) is 11.5 Å². The molecule has 102 valence electrons. The molecule has 2 N–H and O–H groups in total. The minimum absolute atomic E-state index is 0.00379. The fraction of sp³-hybridized carbons (Fsp3) is 0.375. The van der Waals surface area contributed by atoms with Crippen LogP contribution in [0, 0.1) is 5.21 Å². The third-order valence-corrected chi connectivity index (χ3v) is 3.55. The summed E-state index contributed by atoms with van der Waals surface area (Å²) >= 11 is 1.10. The molecule has 0 saturated heterocycles. The van der Waals surface area contributed by atoms with Gasteiger partial charge in [0.05, 0.1) is 18.6 Å². The molecule has 0 aliphatic rings. The van der Waals surface area contributed by atoms with Gasteiger partial charge in [-0.1, -0.05) is 0 Å². The molecule has 1 aromatic heterocycles. The normalized spacial score (nSPS) is 11.5. The maximum atomic E-state index is 11.5. The number of thioether (sulfide) groups is 1. The van der Waals surface area contributed by atoms with Crippen molar-refractivity contribution in [2.24, 2.45) is 0 Å². The van der Waals surface area contributed by atoms with E-state index in [4.69, 9.17) is 5.11 Å². The standard InChI is InChI=1S/C8H11NO7S2/c1-15-18(13,14)16-8-7(11)5(4-10)6(17-2)3-9(8)12/h3,10-11H,4H2,1-2H3. The third kappa shape index (κ3) is 2.96. The minimum atomic E-state index is -4.43. The Morgan fingerprint density at radius 3 is 2.61 bits per heavy atom. The van der Waals surface area contributed by atoms with Gasteiger partial charge >= 0.3 is 16.3 Å². The Bertz CT molecular complexity index is 543. The molecule has 1 aromatic rings. The monoisotopic (exact) mass is 297 g/mol. The lowest BCUT2D eigenvalue weighted by Crippen LogP contribution is -2.31. The second-order valence-corrected chi connectivity index (χ2v) is 5.14. The molecule has 18 heavy (non-hydrogen) atoms. The molecule has 1 rings (SSSR count). The van der Waals surface area contributed by atoms with Gasteiger partial charge < -0.3 is 15.4 Å². The van der Waals surface area contributed by atoms with Gasteiger partial charge in [-0.05, 0) is 6.26 Å². The molecule has 0 aliphatic carbocycles. The Balaban J connectivity index is 3.38. The highest BCUT2D eigenvalue weighted by atomic mass is 32.3. The van der Waals surface area contributed by atoms with Gasteiger partial charge in [-0.15, -0.1) is 16.5 Å². The first-order valence-electron chi connectivity index (χ1n) is 4.49. The molecule has 8 nitrogen and oxygen atoms in total. The Morgan fingerprint density at radius 2 is 2.17 bits per heavy atom. The maximum Gasteiger partial charge on any atom is 0.453 e. The lowest BCUT2D eigenvalue weighted by atomic mass is 10.2. The van der Waals surface area contributed by atoms with Crippen LogP contribution in [0.4, 0.5) is 0 Å². The fourth-order valence-corrected chi connectivity index (χ4v) is 2.15. The van der Waals surface area contributed by atoms with E-state index in [2.05, 4.69) is 8.37 Å². The number of aliphatic hydroxyl groups is 1. The highest BCUT2D eigenvalue weighted by Gasteiger charge is 2.27. The zero-order valence-corrected chi connectivity index (χ0v) is 11.1. The van der Waals surface area contributed by atoms with Gasteiger partial charge in [0.15, 0.2) is 6.20 Å². The summed E-state index contributed by atoms with van der Waals surface area (Å²) in [6.07, 6.45) is 2.61. The number of aromatic nitrogens is 1. The van der Waals surface area contributed by atoms with Crippen molar-refractivity contribution in [3.63, 3.8) is 0 Å². The first-order chi connectivity index (χ1) is 8.36. The molecular weight excluding hydrogens is 286 g/mol. The molecule has 0 amide bonds. The SMILES string of the molecule is COS(=O)(=O)Oc1c(O)c(CO)c(SC)c[n+]1[O-]. The molecule has 0 radical (unpaired) electrons. The minimum Gasteiger partial charge on any atom is -0.616 e. The van der Waals surface area contributed by atoms with E-state index in [0.717, 1.165) is 25.1 Å². The van der Waals surface area contributed by atoms with Crippen LogP contribution in [0.15, 0.2) is 11.1 Å². The summed E-state index contributed by atoms with van der Waals surface area (Å²) in [5.74, 6) is -1.63. The predicted molar refractivity (Wildman–Crippen MR) is 61.3 cm³/mol. The lowest BCUT2D eigenvalue weighted by molar-refractivity contribution is -0.612.